The number of nitrogens with two attached hydrogens (primary N) is 1. The third kappa shape index (κ3) is 7.39. The second-order valence-corrected chi connectivity index (χ2v) is 11.3. The van der Waals surface area contributed by atoms with Crippen molar-refractivity contribution in [3.63, 3.8) is 0 Å². The van der Waals surface area contributed by atoms with Gasteiger partial charge in [0.2, 0.25) is 0 Å². The topological polar surface area (TPSA) is 132 Å². The standard InChI is InChI=1S/C35H35F2N7O3/c1-4-44(20-23-8-11-27(36)28(37)15-23)35(47)26(17-38)33(45)39-13-5-6-21-7-10-25-30(16-21)42-34(46)31(25)32-40-18-24-14-22(19-43(2)3)9-12-29(24)41-32/h4-12,14-17,40-41H,1,13,18-20,38H2,2-3H3,(H,39,45)(H,42,46)/b6-5+,26-17-,32-31-. The molecule has 2 heterocycles. The molecule has 0 unspecified atom stereocenters. The van der Waals surface area contributed by atoms with Gasteiger partial charge >= 0.3 is 0 Å². The van der Waals surface area contributed by atoms with Crippen LogP contribution in [-0.4, -0.2) is 48.2 Å². The minimum absolute atomic E-state index is 0.0724. The van der Waals surface area contributed by atoms with E-state index < -0.39 is 23.4 Å². The number of amides is 3. The lowest BCUT2D eigenvalue weighted by atomic mass is 10.0. The minimum atomic E-state index is -1.06. The number of nitrogens with one attached hydrogen (secondary N) is 4. The van der Waals surface area contributed by atoms with Gasteiger partial charge in [-0.15, -0.1) is 0 Å². The molecule has 0 saturated carbocycles. The number of fused-ring (bicyclic) bond motifs is 2. The molecule has 10 nitrogen and oxygen atoms in total. The van der Waals surface area contributed by atoms with E-state index in [9.17, 15) is 23.2 Å². The first-order chi connectivity index (χ1) is 22.6. The van der Waals surface area contributed by atoms with Crippen LogP contribution in [0.4, 0.5) is 20.2 Å². The molecule has 3 aromatic rings. The zero-order chi connectivity index (χ0) is 33.7. The SMILES string of the molecule is C=CN(Cc1ccc(F)c(F)c1)C(=O)/C(=C\N)C(=O)NC/C=C/c1ccc2c(c1)NC(=O)/C2=C1/NCc2cc(CN(C)C)ccc2N1. The van der Waals surface area contributed by atoms with Gasteiger partial charge in [-0.05, 0) is 60.6 Å². The van der Waals surface area contributed by atoms with Gasteiger partial charge in [0.25, 0.3) is 17.7 Å². The number of anilines is 2. The van der Waals surface area contributed by atoms with Crippen LogP contribution in [-0.2, 0) is 34.0 Å². The molecular weight excluding hydrogens is 604 g/mol. The molecule has 3 aromatic carbocycles. The van der Waals surface area contributed by atoms with Crippen molar-refractivity contribution < 1.29 is 23.2 Å². The maximum atomic E-state index is 13.6. The number of rotatable bonds is 10. The van der Waals surface area contributed by atoms with Crippen LogP contribution in [0.5, 0.6) is 0 Å². The molecule has 2 aliphatic rings. The van der Waals surface area contributed by atoms with E-state index in [4.69, 9.17) is 5.73 Å². The summed E-state index contributed by atoms with van der Waals surface area (Å²) in [5.74, 6) is -3.13. The summed E-state index contributed by atoms with van der Waals surface area (Å²) in [6.07, 6.45) is 5.51. The van der Waals surface area contributed by atoms with Crippen molar-refractivity contribution in [2.24, 2.45) is 5.73 Å². The molecule has 0 bridgehead atoms. The first-order valence-electron chi connectivity index (χ1n) is 14.8. The first kappa shape index (κ1) is 32.6. The lowest BCUT2D eigenvalue weighted by Crippen LogP contribution is -2.35. The molecule has 3 amide bonds. The highest BCUT2D eigenvalue weighted by Crippen LogP contribution is 2.36. The van der Waals surface area contributed by atoms with Crippen molar-refractivity contribution in [3.8, 4) is 0 Å². The van der Waals surface area contributed by atoms with Crippen molar-refractivity contribution in [2.45, 2.75) is 19.6 Å². The summed E-state index contributed by atoms with van der Waals surface area (Å²) >= 11 is 0. The third-order valence-corrected chi connectivity index (χ3v) is 7.57. The predicted octanol–water partition coefficient (Wildman–Crippen LogP) is 4.01. The number of carbonyl (C=O) groups is 3. The van der Waals surface area contributed by atoms with Crippen molar-refractivity contribution >= 4 is 40.7 Å². The lowest BCUT2D eigenvalue weighted by molar-refractivity contribution is -0.128. The Labute approximate surface area is 271 Å². The second-order valence-electron chi connectivity index (χ2n) is 11.3. The van der Waals surface area contributed by atoms with Gasteiger partial charge in [0.1, 0.15) is 11.4 Å². The van der Waals surface area contributed by atoms with Gasteiger partial charge in [-0.2, -0.15) is 0 Å². The minimum Gasteiger partial charge on any atom is -0.404 e. The van der Waals surface area contributed by atoms with E-state index in [0.717, 1.165) is 52.2 Å². The molecule has 6 N–H and O–H groups in total. The molecule has 2 aliphatic heterocycles. The molecule has 0 aromatic heterocycles. The highest BCUT2D eigenvalue weighted by atomic mass is 19.2. The molecule has 0 saturated heterocycles. The van der Waals surface area contributed by atoms with Crippen LogP contribution in [0.3, 0.4) is 0 Å². The Bertz CT molecular complexity index is 1850. The maximum absolute atomic E-state index is 13.6. The normalized spacial score (nSPS) is 15.4. The average molecular weight is 640 g/mol. The van der Waals surface area contributed by atoms with Crippen LogP contribution in [0, 0.1) is 11.6 Å². The highest BCUT2D eigenvalue weighted by molar-refractivity contribution is 6.32. The van der Waals surface area contributed by atoms with Crippen molar-refractivity contribution in [3.05, 3.63) is 130 Å². The fourth-order valence-electron chi connectivity index (χ4n) is 5.33. The molecule has 47 heavy (non-hydrogen) atoms. The Balaban J connectivity index is 1.20. The smallest absolute Gasteiger partial charge is 0.265 e. The molecule has 0 fully saturated rings. The predicted molar refractivity (Wildman–Crippen MR) is 178 cm³/mol. The van der Waals surface area contributed by atoms with Crippen LogP contribution in [0.15, 0.2) is 91.0 Å². The van der Waals surface area contributed by atoms with Crippen LogP contribution >= 0.6 is 0 Å². The van der Waals surface area contributed by atoms with E-state index in [0.29, 0.717) is 29.2 Å². The summed E-state index contributed by atoms with van der Waals surface area (Å²) in [5, 5.41) is 12.3. The molecule has 0 atom stereocenters. The number of hydrogen-bond acceptors (Lipinski definition) is 7. The number of carbonyl (C=O) groups excluding carboxylic acids is 3. The Morgan fingerprint density at radius 3 is 2.47 bits per heavy atom. The summed E-state index contributed by atoms with van der Waals surface area (Å²) < 4.78 is 26.9. The molecule has 0 radical (unpaired) electrons. The summed E-state index contributed by atoms with van der Waals surface area (Å²) in [6, 6.07) is 15.0. The van der Waals surface area contributed by atoms with E-state index in [1.165, 1.54) is 17.8 Å². The van der Waals surface area contributed by atoms with Crippen LogP contribution in [0.25, 0.3) is 11.6 Å². The average Bonchev–Trinajstić information content (AvgIpc) is 3.38. The Morgan fingerprint density at radius 1 is 0.979 bits per heavy atom. The van der Waals surface area contributed by atoms with Crippen molar-refractivity contribution in [2.75, 3.05) is 31.3 Å². The quantitative estimate of drug-likeness (QED) is 0.129. The summed E-state index contributed by atoms with van der Waals surface area (Å²) in [7, 11) is 4.05. The number of nitrogens with zero attached hydrogens (tertiary/aromatic N) is 2. The Morgan fingerprint density at radius 2 is 1.74 bits per heavy atom. The Hall–Kier alpha value is -5.75. The molecule has 242 valence electrons. The second kappa shape index (κ2) is 14.1. The van der Waals surface area contributed by atoms with Gasteiger partial charge < -0.3 is 36.8 Å². The number of hydrogen-bond donors (Lipinski definition) is 5. The van der Waals surface area contributed by atoms with Crippen LogP contribution in [0.1, 0.15) is 27.8 Å². The van der Waals surface area contributed by atoms with Crippen molar-refractivity contribution in [1.82, 2.24) is 20.4 Å². The first-order valence-corrected chi connectivity index (χ1v) is 14.8. The summed E-state index contributed by atoms with van der Waals surface area (Å²) in [5.41, 5.74) is 11.5. The van der Waals surface area contributed by atoms with E-state index >= 15 is 0 Å². The maximum Gasteiger partial charge on any atom is 0.265 e. The molecule has 0 aliphatic carbocycles. The molecule has 5 rings (SSSR count). The van der Waals surface area contributed by atoms with Crippen LogP contribution < -0.4 is 27.0 Å². The molecule has 12 heteroatoms. The molecule has 0 spiro atoms. The van der Waals surface area contributed by atoms with Crippen LogP contribution in [0.2, 0.25) is 0 Å². The number of benzene rings is 3. The molecular formula is C35H35F2N7O3. The summed E-state index contributed by atoms with van der Waals surface area (Å²) in [6.45, 7) is 4.93. The largest absolute Gasteiger partial charge is 0.404 e. The lowest BCUT2D eigenvalue weighted by Gasteiger charge is -2.25. The van der Waals surface area contributed by atoms with Gasteiger partial charge in [0.15, 0.2) is 11.6 Å². The van der Waals surface area contributed by atoms with Gasteiger partial charge in [-0.25, -0.2) is 8.78 Å². The van der Waals surface area contributed by atoms with Gasteiger partial charge in [0, 0.05) is 49.0 Å². The zero-order valence-corrected chi connectivity index (χ0v) is 26.0. The number of halogens is 2. The zero-order valence-electron chi connectivity index (χ0n) is 26.0. The summed E-state index contributed by atoms with van der Waals surface area (Å²) in [4.78, 5) is 41.9. The fraction of sp³-hybridized carbons (Fsp3) is 0.171. The van der Waals surface area contributed by atoms with Crippen molar-refractivity contribution in [1.29, 1.82) is 0 Å². The Kier molecular flexibility index (Phi) is 9.81. The third-order valence-electron chi connectivity index (χ3n) is 7.57. The van der Waals surface area contributed by atoms with E-state index in [2.05, 4.69) is 44.9 Å². The van der Waals surface area contributed by atoms with Gasteiger partial charge in [-0.3, -0.25) is 14.4 Å². The van der Waals surface area contributed by atoms with Gasteiger partial charge in [-0.1, -0.05) is 49.1 Å². The highest BCUT2D eigenvalue weighted by Gasteiger charge is 2.29. The van der Waals surface area contributed by atoms with E-state index in [1.54, 1.807) is 12.2 Å². The van der Waals surface area contributed by atoms with E-state index in [1.807, 2.05) is 38.4 Å². The van der Waals surface area contributed by atoms with E-state index in [-0.39, 0.29) is 24.6 Å². The van der Waals surface area contributed by atoms with Gasteiger partial charge in [0.05, 0.1) is 12.1 Å². The fourth-order valence-corrected chi connectivity index (χ4v) is 5.33. The monoisotopic (exact) mass is 639 g/mol.